The highest BCUT2D eigenvalue weighted by Gasteiger charge is 2.30. The SMILES string of the molecule is CCC(C=O)(CC)CN1CCC(Cc2ccccc2)CC1. The van der Waals surface area contributed by atoms with Crippen LogP contribution in [0.15, 0.2) is 30.3 Å². The molecule has 1 aliphatic heterocycles. The van der Waals surface area contributed by atoms with E-state index in [1.54, 1.807) is 0 Å². The van der Waals surface area contributed by atoms with Crippen LogP contribution in [0.3, 0.4) is 0 Å². The number of carbonyl (C=O) groups is 1. The van der Waals surface area contributed by atoms with Crippen LogP contribution < -0.4 is 0 Å². The molecule has 21 heavy (non-hydrogen) atoms. The largest absolute Gasteiger partial charge is 0.303 e. The first-order valence-electron chi connectivity index (χ1n) is 8.44. The summed E-state index contributed by atoms with van der Waals surface area (Å²) in [4.78, 5) is 13.9. The number of likely N-dealkylation sites (tertiary alicyclic amines) is 1. The van der Waals surface area contributed by atoms with Gasteiger partial charge in [-0.2, -0.15) is 0 Å². The van der Waals surface area contributed by atoms with Gasteiger partial charge in [-0.05, 0) is 56.7 Å². The van der Waals surface area contributed by atoms with Crippen molar-refractivity contribution < 1.29 is 4.79 Å². The summed E-state index contributed by atoms with van der Waals surface area (Å²) in [6.45, 7) is 7.52. The van der Waals surface area contributed by atoms with Crippen LogP contribution in [0.5, 0.6) is 0 Å². The third-order valence-electron chi connectivity index (χ3n) is 5.27. The number of hydrogen-bond acceptors (Lipinski definition) is 2. The molecule has 1 saturated heterocycles. The first kappa shape index (κ1) is 16.2. The summed E-state index contributed by atoms with van der Waals surface area (Å²) in [5.74, 6) is 0.803. The minimum Gasteiger partial charge on any atom is -0.303 e. The average Bonchev–Trinajstić information content (AvgIpc) is 2.55. The fraction of sp³-hybridized carbons (Fsp3) is 0.632. The summed E-state index contributed by atoms with van der Waals surface area (Å²) in [6.07, 6.45) is 6.83. The molecule has 0 amide bonds. The zero-order chi connectivity index (χ0) is 15.1. The van der Waals surface area contributed by atoms with Crippen molar-refractivity contribution >= 4 is 6.29 Å². The van der Waals surface area contributed by atoms with Gasteiger partial charge >= 0.3 is 0 Å². The quantitative estimate of drug-likeness (QED) is 0.708. The van der Waals surface area contributed by atoms with E-state index < -0.39 is 0 Å². The van der Waals surface area contributed by atoms with Crippen molar-refractivity contribution in [1.82, 2.24) is 4.90 Å². The van der Waals surface area contributed by atoms with Gasteiger partial charge in [0.05, 0.1) is 0 Å². The van der Waals surface area contributed by atoms with Crippen LogP contribution in [-0.4, -0.2) is 30.8 Å². The zero-order valence-corrected chi connectivity index (χ0v) is 13.6. The van der Waals surface area contributed by atoms with Crippen molar-refractivity contribution in [3.8, 4) is 0 Å². The Morgan fingerprint density at radius 1 is 1.14 bits per heavy atom. The molecule has 0 aliphatic carbocycles. The highest BCUT2D eigenvalue weighted by molar-refractivity contribution is 5.59. The van der Waals surface area contributed by atoms with Gasteiger partial charge in [0.25, 0.3) is 0 Å². The Bertz CT molecular complexity index is 416. The van der Waals surface area contributed by atoms with Crippen molar-refractivity contribution in [2.75, 3.05) is 19.6 Å². The first-order chi connectivity index (χ1) is 10.2. The van der Waals surface area contributed by atoms with E-state index in [0.717, 1.165) is 38.4 Å². The molecule has 0 unspecified atom stereocenters. The van der Waals surface area contributed by atoms with Crippen LogP contribution in [0.2, 0.25) is 0 Å². The Morgan fingerprint density at radius 2 is 1.76 bits per heavy atom. The molecule has 2 heteroatoms. The summed E-state index contributed by atoms with van der Waals surface area (Å²) in [5, 5.41) is 0. The van der Waals surface area contributed by atoms with Gasteiger partial charge in [0.15, 0.2) is 0 Å². The lowest BCUT2D eigenvalue weighted by molar-refractivity contribution is -0.118. The maximum absolute atomic E-state index is 11.4. The Kier molecular flexibility index (Phi) is 5.98. The number of carbonyl (C=O) groups excluding carboxylic acids is 1. The molecule has 0 aromatic heterocycles. The lowest BCUT2D eigenvalue weighted by Crippen LogP contribution is -2.42. The summed E-state index contributed by atoms with van der Waals surface area (Å²) in [6, 6.07) is 10.8. The summed E-state index contributed by atoms with van der Waals surface area (Å²) < 4.78 is 0. The second-order valence-electron chi connectivity index (χ2n) is 6.60. The number of aldehydes is 1. The van der Waals surface area contributed by atoms with Gasteiger partial charge in [-0.1, -0.05) is 44.2 Å². The van der Waals surface area contributed by atoms with Crippen LogP contribution in [0, 0.1) is 11.3 Å². The lowest BCUT2D eigenvalue weighted by Gasteiger charge is -2.37. The number of hydrogen-bond donors (Lipinski definition) is 0. The Labute approximate surface area is 129 Å². The van der Waals surface area contributed by atoms with Gasteiger partial charge in [-0.3, -0.25) is 0 Å². The predicted octanol–water partition coefficient (Wildman–Crippen LogP) is 3.95. The van der Waals surface area contributed by atoms with Crippen LogP contribution in [0.1, 0.15) is 45.1 Å². The first-order valence-corrected chi connectivity index (χ1v) is 8.44. The van der Waals surface area contributed by atoms with E-state index in [1.807, 2.05) is 0 Å². The summed E-state index contributed by atoms with van der Waals surface area (Å²) in [5.41, 5.74) is 1.34. The number of piperidine rings is 1. The zero-order valence-electron chi connectivity index (χ0n) is 13.6. The Balaban J connectivity index is 1.82. The molecule has 1 fully saturated rings. The molecule has 1 aliphatic rings. The molecule has 0 saturated carbocycles. The van der Waals surface area contributed by atoms with Crippen molar-refractivity contribution in [2.45, 2.75) is 46.0 Å². The molecule has 0 radical (unpaired) electrons. The highest BCUT2D eigenvalue weighted by Crippen LogP contribution is 2.28. The molecule has 0 N–H and O–H groups in total. The topological polar surface area (TPSA) is 20.3 Å². The second kappa shape index (κ2) is 7.74. The van der Waals surface area contributed by atoms with Gasteiger partial charge in [0.1, 0.15) is 6.29 Å². The van der Waals surface area contributed by atoms with E-state index in [4.69, 9.17) is 0 Å². The van der Waals surface area contributed by atoms with Crippen LogP contribution in [-0.2, 0) is 11.2 Å². The summed E-state index contributed by atoms with van der Waals surface area (Å²) in [7, 11) is 0. The maximum Gasteiger partial charge on any atom is 0.127 e. The van der Waals surface area contributed by atoms with E-state index in [1.165, 1.54) is 31.1 Å². The second-order valence-corrected chi connectivity index (χ2v) is 6.60. The maximum atomic E-state index is 11.4. The molecular weight excluding hydrogens is 258 g/mol. The number of rotatable bonds is 7. The van der Waals surface area contributed by atoms with E-state index in [2.05, 4.69) is 49.1 Å². The average molecular weight is 287 g/mol. The third-order valence-corrected chi connectivity index (χ3v) is 5.27. The van der Waals surface area contributed by atoms with Gasteiger partial charge in [-0.15, -0.1) is 0 Å². The van der Waals surface area contributed by atoms with Crippen LogP contribution in [0.25, 0.3) is 0 Å². The molecule has 1 heterocycles. The van der Waals surface area contributed by atoms with Crippen molar-refractivity contribution in [3.05, 3.63) is 35.9 Å². The monoisotopic (exact) mass is 287 g/mol. The fourth-order valence-corrected chi connectivity index (χ4v) is 3.42. The van der Waals surface area contributed by atoms with Crippen LogP contribution >= 0.6 is 0 Å². The summed E-state index contributed by atoms with van der Waals surface area (Å²) >= 11 is 0. The van der Waals surface area contributed by atoms with Crippen molar-refractivity contribution in [2.24, 2.45) is 11.3 Å². The molecule has 2 rings (SSSR count). The molecule has 116 valence electrons. The minimum atomic E-state index is -0.119. The third kappa shape index (κ3) is 4.41. The van der Waals surface area contributed by atoms with E-state index >= 15 is 0 Å². The van der Waals surface area contributed by atoms with Gasteiger partial charge in [0.2, 0.25) is 0 Å². The highest BCUT2D eigenvalue weighted by atomic mass is 16.1. The molecule has 0 spiro atoms. The standard InChI is InChI=1S/C19H29NO/c1-3-19(4-2,16-21)15-20-12-10-18(11-13-20)14-17-8-6-5-7-9-17/h5-9,16,18H,3-4,10-15H2,1-2H3. The lowest BCUT2D eigenvalue weighted by atomic mass is 9.82. The molecule has 0 bridgehead atoms. The van der Waals surface area contributed by atoms with Gasteiger partial charge < -0.3 is 9.69 Å². The van der Waals surface area contributed by atoms with Gasteiger partial charge in [-0.25, -0.2) is 0 Å². The predicted molar refractivity (Wildman–Crippen MR) is 88.4 cm³/mol. The fourth-order valence-electron chi connectivity index (χ4n) is 3.42. The van der Waals surface area contributed by atoms with Crippen molar-refractivity contribution in [3.63, 3.8) is 0 Å². The van der Waals surface area contributed by atoms with Crippen molar-refractivity contribution in [1.29, 1.82) is 0 Å². The normalized spacial score (nSPS) is 17.8. The van der Waals surface area contributed by atoms with E-state index in [0.29, 0.717) is 0 Å². The van der Waals surface area contributed by atoms with E-state index in [9.17, 15) is 4.79 Å². The number of nitrogens with zero attached hydrogens (tertiary/aromatic N) is 1. The molecule has 1 aromatic rings. The smallest absolute Gasteiger partial charge is 0.127 e. The Hall–Kier alpha value is -1.15. The molecule has 0 atom stereocenters. The minimum absolute atomic E-state index is 0.119. The van der Waals surface area contributed by atoms with E-state index in [-0.39, 0.29) is 5.41 Å². The Morgan fingerprint density at radius 3 is 2.29 bits per heavy atom. The van der Waals surface area contributed by atoms with Gasteiger partial charge in [0, 0.05) is 12.0 Å². The number of benzene rings is 1. The molecule has 1 aromatic carbocycles. The van der Waals surface area contributed by atoms with Crippen LogP contribution in [0.4, 0.5) is 0 Å². The molecular formula is C19H29NO. The molecule has 2 nitrogen and oxygen atoms in total.